The molecule has 0 aliphatic heterocycles. The molecule has 17 heavy (non-hydrogen) atoms. The third kappa shape index (κ3) is 4.70. The number of hydrogen-bond donors (Lipinski definition) is 2. The lowest BCUT2D eigenvalue weighted by Crippen LogP contribution is -2.42. The van der Waals surface area contributed by atoms with Crippen LogP contribution in [0, 0.1) is 0 Å². The maximum Gasteiger partial charge on any atom is 0.317 e. The average Bonchev–Trinajstić information content (AvgIpc) is 2.36. The summed E-state index contributed by atoms with van der Waals surface area (Å²) in [6.45, 7) is 5.59. The van der Waals surface area contributed by atoms with Gasteiger partial charge < -0.3 is 16.0 Å². The summed E-state index contributed by atoms with van der Waals surface area (Å²) in [6, 6.07) is 9.73. The smallest absolute Gasteiger partial charge is 0.317 e. The van der Waals surface area contributed by atoms with E-state index in [1.165, 1.54) is 0 Å². The van der Waals surface area contributed by atoms with Crippen LogP contribution in [0.25, 0.3) is 0 Å². The lowest BCUT2D eigenvalue weighted by molar-refractivity contribution is 0.198. The normalized spacial score (nSPS) is 9.71. The molecule has 4 heteroatoms. The fourth-order valence-electron chi connectivity index (χ4n) is 1.48. The van der Waals surface area contributed by atoms with E-state index in [2.05, 4.69) is 11.9 Å². The summed E-state index contributed by atoms with van der Waals surface area (Å²) in [5, 5.41) is 2.75. The Morgan fingerprint density at radius 3 is 2.71 bits per heavy atom. The van der Waals surface area contributed by atoms with Gasteiger partial charge >= 0.3 is 6.03 Å². The van der Waals surface area contributed by atoms with Crippen molar-refractivity contribution in [1.82, 2.24) is 10.2 Å². The van der Waals surface area contributed by atoms with E-state index in [1.54, 1.807) is 11.0 Å². The first-order valence-electron chi connectivity index (χ1n) is 5.65. The lowest BCUT2D eigenvalue weighted by atomic mass is 10.2. The zero-order valence-electron chi connectivity index (χ0n) is 9.93. The van der Waals surface area contributed by atoms with Crippen molar-refractivity contribution in [2.24, 2.45) is 5.73 Å². The van der Waals surface area contributed by atoms with Crippen molar-refractivity contribution in [3.63, 3.8) is 0 Å². The van der Waals surface area contributed by atoms with E-state index < -0.39 is 0 Å². The van der Waals surface area contributed by atoms with Crippen molar-refractivity contribution in [1.29, 1.82) is 0 Å². The van der Waals surface area contributed by atoms with Crippen LogP contribution in [0.3, 0.4) is 0 Å². The molecule has 0 heterocycles. The van der Waals surface area contributed by atoms with Crippen LogP contribution < -0.4 is 11.1 Å². The molecule has 0 saturated carbocycles. The number of carbonyl (C=O) groups is 1. The van der Waals surface area contributed by atoms with E-state index in [0.717, 1.165) is 5.56 Å². The van der Waals surface area contributed by atoms with E-state index in [-0.39, 0.29) is 6.03 Å². The molecule has 2 amide bonds. The molecule has 0 saturated heterocycles. The molecule has 1 rings (SSSR count). The molecule has 0 aliphatic rings. The van der Waals surface area contributed by atoms with Crippen LogP contribution in [-0.4, -0.2) is 30.6 Å². The van der Waals surface area contributed by atoms with Crippen molar-refractivity contribution >= 4 is 6.03 Å². The van der Waals surface area contributed by atoms with E-state index in [0.29, 0.717) is 26.2 Å². The minimum atomic E-state index is -0.112. The van der Waals surface area contributed by atoms with Gasteiger partial charge in [0.15, 0.2) is 0 Å². The van der Waals surface area contributed by atoms with Crippen molar-refractivity contribution in [2.45, 2.75) is 6.54 Å². The van der Waals surface area contributed by atoms with Gasteiger partial charge in [0, 0.05) is 26.2 Å². The standard InChI is InChI=1S/C13H19N3O/c1-2-9-15-13(17)16(10-8-14)11-12-6-4-3-5-7-12/h2-7H,1,8-11,14H2,(H,15,17). The largest absolute Gasteiger partial charge is 0.335 e. The van der Waals surface area contributed by atoms with Crippen LogP contribution in [0.4, 0.5) is 4.79 Å². The fraction of sp³-hybridized carbons (Fsp3) is 0.308. The molecule has 0 fully saturated rings. The number of nitrogens with zero attached hydrogens (tertiary/aromatic N) is 1. The van der Waals surface area contributed by atoms with Gasteiger partial charge in [0.2, 0.25) is 0 Å². The Labute approximate surface area is 102 Å². The molecule has 0 aromatic heterocycles. The van der Waals surface area contributed by atoms with Gasteiger partial charge in [-0.3, -0.25) is 0 Å². The molecule has 92 valence electrons. The predicted molar refractivity (Wildman–Crippen MR) is 69.5 cm³/mol. The van der Waals surface area contributed by atoms with E-state index in [1.807, 2.05) is 30.3 Å². The number of carbonyl (C=O) groups excluding carboxylic acids is 1. The highest BCUT2D eigenvalue weighted by atomic mass is 16.2. The minimum Gasteiger partial charge on any atom is -0.335 e. The van der Waals surface area contributed by atoms with Crippen LogP contribution in [-0.2, 0) is 6.54 Å². The number of nitrogens with one attached hydrogen (secondary N) is 1. The Kier molecular flexibility index (Phi) is 5.82. The quantitative estimate of drug-likeness (QED) is 0.728. The van der Waals surface area contributed by atoms with Crippen LogP contribution in [0.2, 0.25) is 0 Å². The van der Waals surface area contributed by atoms with E-state index in [9.17, 15) is 4.79 Å². The van der Waals surface area contributed by atoms with E-state index in [4.69, 9.17) is 5.73 Å². The first kappa shape index (κ1) is 13.3. The zero-order chi connectivity index (χ0) is 12.5. The van der Waals surface area contributed by atoms with Gasteiger partial charge in [0.25, 0.3) is 0 Å². The molecule has 3 N–H and O–H groups in total. The van der Waals surface area contributed by atoms with Gasteiger partial charge in [-0.15, -0.1) is 6.58 Å². The van der Waals surface area contributed by atoms with Crippen molar-refractivity contribution in [2.75, 3.05) is 19.6 Å². The number of nitrogens with two attached hydrogens (primary N) is 1. The molecule has 1 aromatic rings. The highest BCUT2D eigenvalue weighted by Crippen LogP contribution is 2.04. The highest BCUT2D eigenvalue weighted by molar-refractivity contribution is 5.74. The second-order valence-corrected chi connectivity index (χ2v) is 3.67. The summed E-state index contributed by atoms with van der Waals surface area (Å²) in [7, 11) is 0. The van der Waals surface area contributed by atoms with E-state index >= 15 is 0 Å². The Morgan fingerprint density at radius 1 is 1.41 bits per heavy atom. The summed E-state index contributed by atoms with van der Waals surface area (Å²) < 4.78 is 0. The predicted octanol–water partition coefficient (Wildman–Crippen LogP) is 1.34. The van der Waals surface area contributed by atoms with Gasteiger partial charge in [0.05, 0.1) is 0 Å². The maximum absolute atomic E-state index is 11.8. The fourth-order valence-corrected chi connectivity index (χ4v) is 1.48. The first-order valence-corrected chi connectivity index (χ1v) is 5.65. The van der Waals surface area contributed by atoms with Crippen LogP contribution >= 0.6 is 0 Å². The summed E-state index contributed by atoms with van der Waals surface area (Å²) in [4.78, 5) is 13.5. The average molecular weight is 233 g/mol. The SMILES string of the molecule is C=CCNC(=O)N(CCN)Cc1ccccc1. The molecule has 4 nitrogen and oxygen atoms in total. The molecule has 0 bridgehead atoms. The Bertz CT molecular complexity index is 351. The van der Waals surface area contributed by atoms with Crippen LogP contribution in [0.15, 0.2) is 43.0 Å². The number of rotatable bonds is 6. The van der Waals surface area contributed by atoms with Gasteiger partial charge in [-0.25, -0.2) is 4.79 Å². The molecular formula is C13H19N3O. The Balaban J connectivity index is 2.59. The molecule has 0 unspecified atom stereocenters. The highest BCUT2D eigenvalue weighted by Gasteiger charge is 2.11. The third-order valence-electron chi connectivity index (χ3n) is 2.30. The first-order chi connectivity index (χ1) is 8.27. The Hall–Kier alpha value is -1.81. The zero-order valence-corrected chi connectivity index (χ0v) is 9.93. The number of hydrogen-bond acceptors (Lipinski definition) is 2. The number of amides is 2. The summed E-state index contributed by atoms with van der Waals surface area (Å²) in [5.41, 5.74) is 6.60. The number of benzene rings is 1. The monoisotopic (exact) mass is 233 g/mol. The van der Waals surface area contributed by atoms with Gasteiger partial charge in [0.1, 0.15) is 0 Å². The summed E-state index contributed by atoms with van der Waals surface area (Å²) in [5.74, 6) is 0. The molecule has 0 atom stereocenters. The minimum absolute atomic E-state index is 0.112. The summed E-state index contributed by atoms with van der Waals surface area (Å²) in [6.07, 6.45) is 1.65. The van der Waals surface area contributed by atoms with Gasteiger partial charge in [-0.2, -0.15) is 0 Å². The second-order valence-electron chi connectivity index (χ2n) is 3.67. The van der Waals surface area contributed by atoms with Crippen LogP contribution in [0.5, 0.6) is 0 Å². The van der Waals surface area contributed by atoms with Gasteiger partial charge in [-0.05, 0) is 5.56 Å². The lowest BCUT2D eigenvalue weighted by Gasteiger charge is -2.22. The summed E-state index contributed by atoms with van der Waals surface area (Å²) >= 11 is 0. The van der Waals surface area contributed by atoms with Gasteiger partial charge in [-0.1, -0.05) is 36.4 Å². The molecule has 0 aliphatic carbocycles. The molecule has 1 aromatic carbocycles. The topological polar surface area (TPSA) is 58.4 Å². The molecular weight excluding hydrogens is 214 g/mol. The third-order valence-corrected chi connectivity index (χ3v) is 2.30. The molecule has 0 spiro atoms. The van der Waals surface area contributed by atoms with Crippen molar-refractivity contribution in [3.8, 4) is 0 Å². The van der Waals surface area contributed by atoms with Crippen molar-refractivity contribution < 1.29 is 4.79 Å². The maximum atomic E-state index is 11.8. The van der Waals surface area contributed by atoms with Crippen LogP contribution in [0.1, 0.15) is 5.56 Å². The Morgan fingerprint density at radius 2 is 2.12 bits per heavy atom. The van der Waals surface area contributed by atoms with Crippen molar-refractivity contribution in [3.05, 3.63) is 48.6 Å². The molecule has 0 radical (unpaired) electrons. The number of urea groups is 1. The second kappa shape index (κ2) is 7.46.